The van der Waals surface area contributed by atoms with Gasteiger partial charge in [0.2, 0.25) is 11.8 Å². The number of furan rings is 1. The van der Waals surface area contributed by atoms with Crippen molar-refractivity contribution in [2.24, 2.45) is 0 Å². The highest BCUT2D eigenvalue weighted by Crippen LogP contribution is 2.33. The fourth-order valence-electron chi connectivity index (χ4n) is 3.63. The van der Waals surface area contributed by atoms with Crippen LogP contribution < -0.4 is 10.6 Å². The highest BCUT2D eigenvalue weighted by Gasteiger charge is 2.14. The van der Waals surface area contributed by atoms with Gasteiger partial charge in [-0.15, -0.1) is 0 Å². The number of phenols is 1. The summed E-state index contributed by atoms with van der Waals surface area (Å²) in [5.41, 5.74) is 4.21. The maximum atomic E-state index is 12.3. The molecule has 0 fully saturated rings. The lowest BCUT2D eigenvalue weighted by molar-refractivity contribution is -0.115. The van der Waals surface area contributed by atoms with E-state index in [4.69, 9.17) is 32.7 Å². The van der Waals surface area contributed by atoms with E-state index in [9.17, 15) is 9.90 Å². The molecule has 7 nitrogen and oxygen atoms in total. The van der Waals surface area contributed by atoms with E-state index in [1.807, 2.05) is 43.3 Å². The van der Waals surface area contributed by atoms with Gasteiger partial charge in [-0.1, -0.05) is 17.7 Å². The summed E-state index contributed by atoms with van der Waals surface area (Å²) in [5, 5.41) is 16.7. The number of nitrogens with one attached hydrogen (secondary N) is 2. The summed E-state index contributed by atoms with van der Waals surface area (Å²) >= 11 is 11.1. The summed E-state index contributed by atoms with van der Waals surface area (Å²) in [5.74, 6) is 0.989. The summed E-state index contributed by atoms with van der Waals surface area (Å²) in [6.07, 6.45) is 2.85. The topological polar surface area (TPSA) is 101 Å². The molecule has 3 N–H and O–H groups in total. The van der Waals surface area contributed by atoms with Crippen molar-refractivity contribution >= 4 is 57.7 Å². The molecule has 9 heteroatoms. The molecule has 2 aromatic heterocycles. The minimum Gasteiger partial charge on any atom is -0.507 e. The third-order valence-electron chi connectivity index (χ3n) is 5.42. The Morgan fingerprint density at radius 1 is 1.03 bits per heavy atom. The summed E-state index contributed by atoms with van der Waals surface area (Å²) in [4.78, 5) is 16.7. The van der Waals surface area contributed by atoms with Gasteiger partial charge >= 0.3 is 0 Å². The lowest BCUT2D eigenvalue weighted by atomic mass is 10.2. The Labute approximate surface area is 222 Å². The van der Waals surface area contributed by atoms with E-state index >= 15 is 0 Å². The number of nitrogens with zero attached hydrogens (tertiary/aromatic N) is 1. The fraction of sp³-hybridized carbons (Fsp3) is 0.0357. The second-order valence-corrected chi connectivity index (χ2v) is 9.05. The van der Waals surface area contributed by atoms with Gasteiger partial charge in [-0.3, -0.25) is 10.1 Å². The molecular formula is C28H20ClN3O4S. The van der Waals surface area contributed by atoms with Crippen LogP contribution in [0.4, 0.5) is 5.69 Å². The normalized spacial score (nSPS) is 11.2. The molecule has 5 rings (SSSR count). The molecule has 0 bridgehead atoms. The SMILES string of the molecule is Cc1ccc2oc(-c3ccc(NC(=S)NC(=O)C=Cc4ccc(-c5ccc(Cl)cc5)o4)cc3O)nc2c1. The van der Waals surface area contributed by atoms with Crippen LogP contribution in [0.1, 0.15) is 11.3 Å². The number of carbonyl (C=O) groups is 1. The molecule has 0 spiro atoms. The van der Waals surface area contributed by atoms with Crippen LogP contribution in [0.15, 0.2) is 87.7 Å². The third kappa shape index (κ3) is 5.72. The molecule has 0 unspecified atom stereocenters. The van der Waals surface area contributed by atoms with Gasteiger partial charge in [0.25, 0.3) is 0 Å². The monoisotopic (exact) mass is 529 g/mol. The number of fused-ring (bicyclic) bond motifs is 1. The second kappa shape index (κ2) is 10.3. The molecule has 37 heavy (non-hydrogen) atoms. The Kier molecular flexibility index (Phi) is 6.76. The first kappa shape index (κ1) is 24.3. The molecule has 0 aliphatic rings. The number of rotatable bonds is 5. The Bertz CT molecular complexity index is 1650. The first-order valence-corrected chi connectivity index (χ1v) is 12.0. The van der Waals surface area contributed by atoms with E-state index in [-0.39, 0.29) is 10.9 Å². The predicted octanol–water partition coefficient (Wildman–Crippen LogP) is 6.95. The van der Waals surface area contributed by atoms with Crippen LogP contribution in [-0.2, 0) is 4.79 Å². The van der Waals surface area contributed by atoms with Gasteiger partial charge in [0.15, 0.2) is 10.7 Å². The van der Waals surface area contributed by atoms with Crippen molar-refractivity contribution in [1.29, 1.82) is 0 Å². The quantitative estimate of drug-likeness (QED) is 0.167. The van der Waals surface area contributed by atoms with Crippen molar-refractivity contribution in [2.75, 3.05) is 5.32 Å². The Morgan fingerprint density at radius 3 is 2.62 bits per heavy atom. The second-order valence-electron chi connectivity index (χ2n) is 8.21. The van der Waals surface area contributed by atoms with Crippen molar-refractivity contribution in [1.82, 2.24) is 10.3 Å². The minimum atomic E-state index is -0.440. The van der Waals surface area contributed by atoms with Crippen LogP contribution in [0.5, 0.6) is 5.75 Å². The smallest absolute Gasteiger partial charge is 0.250 e. The number of halogens is 1. The number of oxazole rings is 1. The van der Waals surface area contributed by atoms with E-state index in [1.165, 1.54) is 12.1 Å². The lowest BCUT2D eigenvalue weighted by Gasteiger charge is -2.09. The summed E-state index contributed by atoms with van der Waals surface area (Å²) in [6.45, 7) is 1.97. The number of aryl methyl sites for hydroxylation is 1. The van der Waals surface area contributed by atoms with E-state index in [2.05, 4.69) is 15.6 Å². The molecule has 0 aliphatic heterocycles. The number of thiocarbonyl (C=S) groups is 1. The van der Waals surface area contributed by atoms with Crippen molar-refractivity contribution in [3.63, 3.8) is 0 Å². The van der Waals surface area contributed by atoms with Gasteiger partial charge in [-0.05, 0) is 91.4 Å². The Balaban J connectivity index is 1.19. The van der Waals surface area contributed by atoms with E-state index in [1.54, 1.807) is 36.4 Å². The molecule has 5 aromatic rings. The Morgan fingerprint density at radius 2 is 1.84 bits per heavy atom. The highest BCUT2D eigenvalue weighted by molar-refractivity contribution is 7.80. The first-order chi connectivity index (χ1) is 17.8. The van der Waals surface area contributed by atoms with Crippen LogP contribution in [0.3, 0.4) is 0 Å². The highest BCUT2D eigenvalue weighted by atomic mass is 35.5. The summed E-state index contributed by atoms with van der Waals surface area (Å²) in [6, 6.07) is 21.3. The van der Waals surface area contributed by atoms with Gasteiger partial charge in [0.1, 0.15) is 22.8 Å². The zero-order valence-electron chi connectivity index (χ0n) is 19.5. The van der Waals surface area contributed by atoms with Gasteiger partial charge in [0.05, 0.1) is 5.56 Å². The zero-order valence-corrected chi connectivity index (χ0v) is 21.1. The molecule has 0 saturated heterocycles. The largest absolute Gasteiger partial charge is 0.507 e. The number of aromatic hydroxyl groups is 1. The summed E-state index contributed by atoms with van der Waals surface area (Å²) in [7, 11) is 0. The number of benzene rings is 3. The molecule has 0 atom stereocenters. The number of carbonyl (C=O) groups excluding carboxylic acids is 1. The predicted molar refractivity (Wildman–Crippen MR) is 148 cm³/mol. The maximum absolute atomic E-state index is 12.3. The number of hydrogen-bond acceptors (Lipinski definition) is 6. The third-order valence-corrected chi connectivity index (χ3v) is 5.88. The first-order valence-electron chi connectivity index (χ1n) is 11.2. The Hall–Kier alpha value is -4.40. The fourth-order valence-corrected chi connectivity index (χ4v) is 3.97. The van der Waals surface area contributed by atoms with Gasteiger partial charge in [-0.25, -0.2) is 4.98 Å². The van der Waals surface area contributed by atoms with Crippen LogP contribution in [0, 0.1) is 6.92 Å². The molecule has 0 aliphatic carbocycles. The van der Waals surface area contributed by atoms with Crippen LogP contribution in [0.2, 0.25) is 5.02 Å². The van der Waals surface area contributed by atoms with E-state index in [0.29, 0.717) is 44.8 Å². The lowest BCUT2D eigenvalue weighted by Crippen LogP contribution is -2.32. The van der Waals surface area contributed by atoms with E-state index < -0.39 is 5.91 Å². The van der Waals surface area contributed by atoms with E-state index in [0.717, 1.165) is 11.1 Å². The average Bonchev–Trinajstić information content (AvgIpc) is 3.50. The van der Waals surface area contributed by atoms with Crippen molar-refractivity contribution in [2.45, 2.75) is 6.92 Å². The van der Waals surface area contributed by atoms with Crippen LogP contribution in [-0.4, -0.2) is 21.1 Å². The van der Waals surface area contributed by atoms with Crippen molar-refractivity contribution < 1.29 is 18.7 Å². The van der Waals surface area contributed by atoms with Crippen molar-refractivity contribution in [3.8, 4) is 28.5 Å². The standard InChI is InChI=1S/C28H20ClN3O4S/c1-16-2-11-25-22(14-16)31-27(36-25)21-10-7-19(15-23(21)33)30-28(37)32-26(34)13-9-20-8-12-24(35-20)17-3-5-18(29)6-4-17/h2-15,33H,1H3,(H2,30,32,34,37). The maximum Gasteiger partial charge on any atom is 0.250 e. The zero-order chi connectivity index (χ0) is 25.9. The number of aromatic nitrogens is 1. The molecule has 1 amide bonds. The van der Waals surface area contributed by atoms with Crippen LogP contribution in [0.25, 0.3) is 40.0 Å². The van der Waals surface area contributed by atoms with Gasteiger partial charge < -0.3 is 19.3 Å². The number of amides is 1. The van der Waals surface area contributed by atoms with Crippen LogP contribution >= 0.6 is 23.8 Å². The molecule has 0 saturated carbocycles. The number of anilines is 1. The van der Waals surface area contributed by atoms with Gasteiger partial charge in [-0.2, -0.15) is 0 Å². The molecule has 3 aromatic carbocycles. The molecule has 2 heterocycles. The summed E-state index contributed by atoms with van der Waals surface area (Å²) < 4.78 is 11.5. The van der Waals surface area contributed by atoms with Gasteiger partial charge in [0, 0.05) is 28.4 Å². The number of phenolic OH excluding ortho intramolecular Hbond substituents is 1. The van der Waals surface area contributed by atoms with Crippen molar-refractivity contribution in [3.05, 3.63) is 95.2 Å². The molecule has 0 radical (unpaired) electrons. The number of hydrogen-bond donors (Lipinski definition) is 3. The average molecular weight is 530 g/mol. The molecular weight excluding hydrogens is 510 g/mol. The molecule has 184 valence electrons. The minimum absolute atomic E-state index is 0.0448.